The van der Waals surface area contributed by atoms with Crippen LogP contribution in [0.5, 0.6) is 0 Å². The normalized spacial score (nSPS) is 12.7. The molecule has 0 aliphatic rings. The van der Waals surface area contributed by atoms with E-state index in [1.165, 1.54) is 16.7 Å². The Morgan fingerprint density at radius 2 is 2.20 bits per heavy atom. The summed E-state index contributed by atoms with van der Waals surface area (Å²) in [4.78, 5) is 0.436. The van der Waals surface area contributed by atoms with Gasteiger partial charge >= 0.3 is 0 Å². The highest BCUT2D eigenvalue weighted by Crippen LogP contribution is 2.28. The third-order valence-electron chi connectivity index (χ3n) is 2.40. The Bertz CT molecular complexity index is 420. The fourth-order valence-corrected chi connectivity index (χ4v) is 3.16. The molecule has 1 heterocycles. The average molecular weight is 281 g/mol. The topological polar surface area (TPSA) is 0 Å². The highest BCUT2D eigenvalue weighted by molar-refractivity contribution is 9.09. The maximum absolute atomic E-state index is 3.73. The molecular weight excluding hydrogens is 268 g/mol. The summed E-state index contributed by atoms with van der Waals surface area (Å²) in [6.45, 7) is 2.14. The Morgan fingerprint density at radius 1 is 1.33 bits per heavy atom. The number of alkyl halides is 1. The van der Waals surface area contributed by atoms with Crippen LogP contribution in [0, 0.1) is 6.92 Å². The van der Waals surface area contributed by atoms with Crippen molar-refractivity contribution in [3.63, 3.8) is 0 Å². The molecule has 0 aliphatic heterocycles. The van der Waals surface area contributed by atoms with Crippen LogP contribution in [-0.4, -0.2) is 0 Å². The molecule has 0 amide bonds. The summed E-state index contributed by atoms with van der Waals surface area (Å²) in [5.74, 6) is 0. The lowest BCUT2D eigenvalue weighted by Gasteiger charge is -2.08. The zero-order valence-corrected chi connectivity index (χ0v) is 11.0. The fourth-order valence-electron chi connectivity index (χ4n) is 1.62. The second kappa shape index (κ2) is 4.95. The fraction of sp³-hybridized carbons (Fsp3) is 0.231. The first-order valence-electron chi connectivity index (χ1n) is 4.97. The number of halogens is 1. The minimum Gasteiger partial charge on any atom is -0.152 e. The van der Waals surface area contributed by atoms with Crippen molar-refractivity contribution in [3.8, 4) is 0 Å². The summed E-state index contributed by atoms with van der Waals surface area (Å²) in [6, 6.07) is 10.9. The van der Waals surface area contributed by atoms with Crippen LogP contribution in [0.25, 0.3) is 0 Å². The Kier molecular flexibility index (Phi) is 3.60. The van der Waals surface area contributed by atoms with Crippen molar-refractivity contribution in [1.82, 2.24) is 0 Å². The third-order valence-corrected chi connectivity index (χ3v) is 3.96. The van der Waals surface area contributed by atoms with Gasteiger partial charge < -0.3 is 0 Å². The Hall–Kier alpha value is -0.600. The van der Waals surface area contributed by atoms with E-state index in [1.54, 1.807) is 11.3 Å². The summed E-state index contributed by atoms with van der Waals surface area (Å²) in [5, 5.41) is 4.33. The van der Waals surface area contributed by atoms with Gasteiger partial charge in [0.05, 0.1) is 0 Å². The Balaban J connectivity index is 2.09. The molecule has 0 saturated heterocycles. The average Bonchev–Trinajstić information content (AvgIpc) is 2.70. The predicted octanol–water partition coefficient (Wildman–Crippen LogP) is 4.74. The van der Waals surface area contributed by atoms with Gasteiger partial charge in [0.1, 0.15) is 0 Å². The molecule has 1 atom stereocenters. The smallest absolute Gasteiger partial charge is 0.0443 e. The number of benzene rings is 1. The van der Waals surface area contributed by atoms with E-state index in [1.807, 2.05) is 0 Å². The number of thiophene rings is 1. The van der Waals surface area contributed by atoms with E-state index < -0.39 is 0 Å². The van der Waals surface area contributed by atoms with Gasteiger partial charge in [0.25, 0.3) is 0 Å². The van der Waals surface area contributed by atoms with Gasteiger partial charge in [-0.05, 0) is 41.3 Å². The first kappa shape index (κ1) is 10.9. The summed E-state index contributed by atoms with van der Waals surface area (Å²) < 4.78 is 0. The summed E-state index contributed by atoms with van der Waals surface area (Å²) >= 11 is 5.48. The van der Waals surface area contributed by atoms with E-state index in [2.05, 4.69) is 63.9 Å². The lowest BCUT2D eigenvalue weighted by Crippen LogP contribution is -1.93. The van der Waals surface area contributed by atoms with E-state index in [0.717, 1.165) is 6.42 Å². The Morgan fingerprint density at radius 3 is 2.87 bits per heavy atom. The molecule has 1 aromatic heterocycles. The first-order chi connectivity index (χ1) is 7.25. The van der Waals surface area contributed by atoms with Crippen LogP contribution >= 0.6 is 27.3 Å². The van der Waals surface area contributed by atoms with E-state index in [-0.39, 0.29) is 0 Å². The molecule has 2 aromatic rings. The van der Waals surface area contributed by atoms with Gasteiger partial charge in [-0.25, -0.2) is 0 Å². The van der Waals surface area contributed by atoms with Crippen molar-refractivity contribution < 1.29 is 0 Å². The van der Waals surface area contributed by atoms with Crippen molar-refractivity contribution in [2.75, 3.05) is 0 Å². The first-order valence-corrected chi connectivity index (χ1v) is 6.83. The van der Waals surface area contributed by atoms with Gasteiger partial charge in [-0.2, -0.15) is 11.3 Å². The van der Waals surface area contributed by atoms with E-state index >= 15 is 0 Å². The van der Waals surface area contributed by atoms with Crippen molar-refractivity contribution in [3.05, 3.63) is 57.8 Å². The van der Waals surface area contributed by atoms with Crippen LogP contribution < -0.4 is 0 Å². The van der Waals surface area contributed by atoms with E-state index in [0.29, 0.717) is 4.83 Å². The number of aryl methyl sites for hydroxylation is 1. The predicted molar refractivity (Wildman–Crippen MR) is 70.9 cm³/mol. The molecule has 0 radical (unpaired) electrons. The number of hydrogen-bond donors (Lipinski definition) is 0. The standard InChI is InChI=1S/C13H13BrS/c1-10-3-2-4-11(7-10)8-13(14)12-5-6-15-9-12/h2-7,9,13H,8H2,1H3. The van der Waals surface area contributed by atoms with E-state index in [4.69, 9.17) is 0 Å². The van der Waals surface area contributed by atoms with Crippen molar-refractivity contribution >= 4 is 27.3 Å². The SMILES string of the molecule is Cc1cccc(CC(Br)c2ccsc2)c1. The molecule has 0 saturated carbocycles. The molecule has 15 heavy (non-hydrogen) atoms. The lowest BCUT2D eigenvalue weighted by molar-refractivity contribution is 0.952. The monoisotopic (exact) mass is 280 g/mol. The second-order valence-corrected chi connectivity index (χ2v) is 5.60. The minimum absolute atomic E-state index is 0.436. The lowest BCUT2D eigenvalue weighted by atomic mass is 10.0. The molecule has 0 aliphatic carbocycles. The molecule has 1 aromatic carbocycles. The van der Waals surface area contributed by atoms with Crippen molar-refractivity contribution in [1.29, 1.82) is 0 Å². The molecule has 0 bridgehead atoms. The van der Waals surface area contributed by atoms with Crippen LogP contribution in [0.15, 0.2) is 41.1 Å². The zero-order valence-electron chi connectivity index (χ0n) is 8.61. The van der Waals surface area contributed by atoms with Crippen molar-refractivity contribution in [2.24, 2.45) is 0 Å². The molecule has 0 spiro atoms. The van der Waals surface area contributed by atoms with E-state index in [9.17, 15) is 0 Å². The van der Waals surface area contributed by atoms with Gasteiger partial charge in [-0.1, -0.05) is 45.8 Å². The van der Waals surface area contributed by atoms with Gasteiger partial charge in [-0.15, -0.1) is 0 Å². The molecule has 2 heteroatoms. The molecule has 2 rings (SSSR count). The maximum Gasteiger partial charge on any atom is 0.0443 e. The quantitative estimate of drug-likeness (QED) is 0.713. The van der Waals surface area contributed by atoms with Gasteiger partial charge in [0, 0.05) is 4.83 Å². The van der Waals surface area contributed by atoms with Crippen LogP contribution in [0.4, 0.5) is 0 Å². The number of rotatable bonds is 3. The highest BCUT2D eigenvalue weighted by Gasteiger charge is 2.08. The third kappa shape index (κ3) is 2.93. The zero-order chi connectivity index (χ0) is 10.7. The van der Waals surface area contributed by atoms with Gasteiger partial charge in [0.2, 0.25) is 0 Å². The largest absolute Gasteiger partial charge is 0.152 e. The molecule has 78 valence electrons. The van der Waals surface area contributed by atoms with Crippen LogP contribution in [-0.2, 0) is 6.42 Å². The molecule has 0 N–H and O–H groups in total. The molecule has 0 nitrogen and oxygen atoms in total. The van der Waals surface area contributed by atoms with Crippen LogP contribution in [0.3, 0.4) is 0 Å². The van der Waals surface area contributed by atoms with Crippen LogP contribution in [0.2, 0.25) is 0 Å². The highest BCUT2D eigenvalue weighted by atomic mass is 79.9. The summed E-state index contributed by atoms with van der Waals surface area (Å²) in [6.07, 6.45) is 1.05. The molecular formula is C13H13BrS. The summed E-state index contributed by atoms with van der Waals surface area (Å²) in [5.41, 5.74) is 4.10. The van der Waals surface area contributed by atoms with Crippen LogP contribution in [0.1, 0.15) is 21.5 Å². The summed E-state index contributed by atoms with van der Waals surface area (Å²) in [7, 11) is 0. The minimum atomic E-state index is 0.436. The molecule has 0 fully saturated rings. The maximum atomic E-state index is 3.73. The second-order valence-electron chi connectivity index (χ2n) is 3.72. The number of hydrogen-bond acceptors (Lipinski definition) is 1. The van der Waals surface area contributed by atoms with Crippen molar-refractivity contribution in [2.45, 2.75) is 18.2 Å². The Labute approximate surface area is 103 Å². The van der Waals surface area contributed by atoms with Gasteiger partial charge in [0.15, 0.2) is 0 Å². The molecule has 1 unspecified atom stereocenters. The van der Waals surface area contributed by atoms with Gasteiger partial charge in [-0.3, -0.25) is 0 Å².